The molecule has 0 radical (unpaired) electrons. The average molecular weight is 556 g/mol. The summed E-state index contributed by atoms with van der Waals surface area (Å²) in [5.41, 5.74) is 2.66. The predicted molar refractivity (Wildman–Crippen MR) is 139 cm³/mol. The fourth-order valence-corrected chi connectivity index (χ4v) is 4.47. The van der Waals surface area contributed by atoms with Gasteiger partial charge in [-0.1, -0.05) is 18.6 Å². The minimum absolute atomic E-state index is 0. The van der Waals surface area contributed by atoms with Crippen LogP contribution in [0, 0.1) is 5.92 Å². The summed E-state index contributed by atoms with van der Waals surface area (Å²) >= 11 is 0. The van der Waals surface area contributed by atoms with E-state index in [0.29, 0.717) is 11.8 Å². The Kier molecular flexibility index (Phi) is 9.90. The monoisotopic (exact) mass is 555 g/mol. The summed E-state index contributed by atoms with van der Waals surface area (Å²) in [5.74, 6) is 2.62. The molecule has 0 spiro atoms. The lowest BCUT2D eigenvalue weighted by Gasteiger charge is -2.38. The minimum atomic E-state index is 0. The van der Waals surface area contributed by atoms with Crippen molar-refractivity contribution in [1.82, 2.24) is 20.4 Å². The molecule has 2 aliphatic heterocycles. The highest BCUT2D eigenvalue weighted by Gasteiger charge is 2.30. The number of carbonyl (C=O) groups is 1. The lowest BCUT2D eigenvalue weighted by atomic mass is 9.84. The van der Waals surface area contributed by atoms with E-state index in [1.54, 1.807) is 0 Å². The molecule has 2 heterocycles. The molecule has 1 aliphatic carbocycles. The Bertz CT molecular complexity index is 776. The SMILES string of the molecule is CCNC(=NCCN1CCN(C(=O)C2CCC2)CC1)NCCc1ccc2c(c1)CCO2.I. The van der Waals surface area contributed by atoms with Crippen molar-refractivity contribution < 1.29 is 9.53 Å². The van der Waals surface area contributed by atoms with Crippen LogP contribution < -0.4 is 15.4 Å². The number of rotatable bonds is 8. The van der Waals surface area contributed by atoms with E-state index in [4.69, 9.17) is 9.73 Å². The van der Waals surface area contributed by atoms with Gasteiger partial charge in [0.05, 0.1) is 13.2 Å². The fraction of sp³-hybridized carbons (Fsp3) is 0.667. The molecule has 2 N–H and O–H groups in total. The zero-order valence-electron chi connectivity index (χ0n) is 19.3. The highest BCUT2D eigenvalue weighted by atomic mass is 127. The van der Waals surface area contributed by atoms with Gasteiger partial charge in [0.2, 0.25) is 5.91 Å². The second-order valence-corrected chi connectivity index (χ2v) is 8.77. The third kappa shape index (κ3) is 6.73. The molecule has 4 rings (SSSR count). The van der Waals surface area contributed by atoms with E-state index in [-0.39, 0.29) is 24.0 Å². The highest BCUT2D eigenvalue weighted by molar-refractivity contribution is 14.0. The number of aliphatic imine (C=N–C) groups is 1. The van der Waals surface area contributed by atoms with Crippen LogP contribution in [-0.2, 0) is 17.6 Å². The van der Waals surface area contributed by atoms with Crippen LogP contribution in [0.4, 0.5) is 0 Å². The molecule has 0 atom stereocenters. The number of hydrogen-bond acceptors (Lipinski definition) is 4. The van der Waals surface area contributed by atoms with E-state index in [1.807, 2.05) is 0 Å². The van der Waals surface area contributed by atoms with Crippen molar-refractivity contribution >= 4 is 35.8 Å². The molecule has 1 aromatic carbocycles. The molecule has 1 saturated heterocycles. The number of nitrogens with zero attached hydrogens (tertiary/aromatic N) is 3. The Labute approximate surface area is 209 Å². The summed E-state index contributed by atoms with van der Waals surface area (Å²) < 4.78 is 5.59. The lowest BCUT2D eigenvalue weighted by Crippen LogP contribution is -2.51. The average Bonchev–Trinajstić information content (AvgIpc) is 3.21. The van der Waals surface area contributed by atoms with Crippen LogP contribution in [0.3, 0.4) is 0 Å². The molecule has 1 amide bonds. The first-order valence-electron chi connectivity index (χ1n) is 12.0. The zero-order chi connectivity index (χ0) is 21.5. The number of carbonyl (C=O) groups excluding carboxylic acids is 1. The maximum Gasteiger partial charge on any atom is 0.225 e. The van der Waals surface area contributed by atoms with Crippen molar-refractivity contribution in [1.29, 1.82) is 0 Å². The van der Waals surface area contributed by atoms with Gasteiger partial charge < -0.3 is 20.3 Å². The predicted octanol–water partition coefficient (Wildman–Crippen LogP) is 2.28. The molecule has 0 bridgehead atoms. The molecule has 178 valence electrons. The Morgan fingerprint density at radius 2 is 2.00 bits per heavy atom. The third-order valence-electron chi connectivity index (χ3n) is 6.63. The van der Waals surface area contributed by atoms with Gasteiger partial charge in [0, 0.05) is 58.2 Å². The number of halogens is 1. The smallest absolute Gasteiger partial charge is 0.225 e. The molecule has 7 nitrogen and oxygen atoms in total. The quantitative estimate of drug-likeness (QED) is 0.293. The van der Waals surface area contributed by atoms with Gasteiger partial charge in [-0.05, 0) is 43.4 Å². The molecule has 32 heavy (non-hydrogen) atoms. The second kappa shape index (κ2) is 12.6. The van der Waals surface area contributed by atoms with E-state index in [0.717, 1.165) is 96.4 Å². The summed E-state index contributed by atoms with van der Waals surface area (Å²) in [6.07, 6.45) is 5.39. The van der Waals surface area contributed by atoms with Crippen LogP contribution in [0.25, 0.3) is 0 Å². The topological polar surface area (TPSA) is 69.2 Å². The van der Waals surface area contributed by atoms with Gasteiger partial charge in [0.1, 0.15) is 5.75 Å². The Morgan fingerprint density at radius 3 is 2.72 bits per heavy atom. The number of guanidine groups is 1. The zero-order valence-corrected chi connectivity index (χ0v) is 21.6. The van der Waals surface area contributed by atoms with Crippen LogP contribution in [0.1, 0.15) is 37.3 Å². The van der Waals surface area contributed by atoms with Gasteiger partial charge >= 0.3 is 0 Å². The van der Waals surface area contributed by atoms with E-state index in [2.05, 4.69) is 45.6 Å². The summed E-state index contributed by atoms with van der Waals surface area (Å²) in [4.78, 5) is 21.6. The van der Waals surface area contributed by atoms with Gasteiger partial charge in [-0.15, -0.1) is 24.0 Å². The van der Waals surface area contributed by atoms with Crippen molar-refractivity contribution in [2.75, 3.05) is 59.0 Å². The molecular formula is C24H38IN5O2. The molecule has 2 fully saturated rings. The molecular weight excluding hydrogens is 517 g/mol. The van der Waals surface area contributed by atoms with Crippen molar-refractivity contribution in [3.63, 3.8) is 0 Å². The number of benzene rings is 1. The van der Waals surface area contributed by atoms with Crippen LogP contribution in [0.5, 0.6) is 5.75 Å². The number of piperazine rings is 1. The second-order valence-electron chi connectivity index (χ2n) is 8.77. The fourth-order valence-electron chi connectivity index (χ4n) is 4.47. The number of hydrogen-bond donors (Lipinski definition) is 2. The molecule has 0 aromatic heterocycles. The van der Waals surface area contributed by atoms with Crippen molar-refractivity contribution in [3.8, 4) is 5.75 Å². The van der Waals surface area contributed by atoms with Crippen LogP contribution in [-0.4, -0.2) is 80.6 Å². The maximum atomic E-state index is 12.4. The van der Waals surface area contributed by atoms with Gasteiger partial charge in [0.25, 0.3) is 0 Å². The molecule has 1 aromatic rings. The van der Waals surface area contributed by atoms with Crippen molar-refractivity contribution in [3.05, 3.63) is 29.3 Å². The summed E-state index contributed by atoms with van der Waals surface area (Å²) in [6, 6.07) is 6.52. The van der Waals surface area contributed by atoms with Crippen LogP contribution in [0.2, 0.25) is 0 Å². The van der Waals surface area contributed by atoms with E-state index < -0.39 is 0 Å². The third-order valence-corrected chi connectivity index (χ3v) is 6.63. The minimum Gasteiger partial charge on any atom is -0.493 e. The first-order valence-corrected chi connectivity index (χ1v) is 12.0. The van der Waals surface area contributed by atoms with Gasteiger partial charge in [-0.3, -0.25) is 14.7 Å². The van der Waals surface area contributed by atoms with Crippen LogP contribution in [0.15, 0.2) is 23.2 Å². The summed E-state index contributed by atoms with van der Waals surface area (Å²) in [6.45, 7) is 9.95. The normalized spacial score (nSPS) is 18.9. The Hall–Kier alpha value is -1.55. The van der Waals surface area contributed by atoms with Gasteiger partial charge in [0.15, 0.2) is 5.96 Å². The van der Waals surface area contributed by atoms with Crippen molar-refractivity contribution in [2.24, 2.45) is 10.9 Å². The standard InChI is InChI=1S/C24H37N5O2.HI/c1-2-25-24(26-10-8-19-6-7-22-21(18-19)9-17-31-22)27-11-12-28-13-15-29(16-14-28)23(30)20-4-3-5-20;/h6-7,18,20H,2-5,8-17H2,1H3,(H2,25,26,27);1H. The van der Waals surface area contributed by atoms with Gasteiger partial charge in [-0.25, -0.2) is 0 Å². The highest BCUT2D eigenvalue weighted by Crippen LogP contribution is 2.28. The first kappa shape index (κ1) is 25.1. The Morgan fingerprint density at radius 1 is 1.19 bits per heavy atom. The van der Waals surface area contributed by atoms with E-state index in [9.17, 15) is 4.79 Å². The van der Waals surface area contributed by atoms with Gasteiger partial charge in [-0.2, -0.15) is 0 Å². The largest absolute Gasteiger partial charge is 0.493 e. The van der Waals surface area contributed by atoms with Crippen LogP contribution >= 0.6 is 24.0 Å². The summed E-state index contributed by atoms with van der Waals surface area (Å²) in [7, 11) is 0. The maximum absolute atomic E-state index is 12.4. The first-order chi connectivity index (χ1) is 15.2. The number of ether oxygens (including phenoxy) is 1. The molecule has 8 heteroatoms. The number of amides is 1. The Balaban J connectivity index is 0.00000289. The summed E-state index contributed by atoms with van der Waals surface area (Å²) in [5, 5.41) is 6.80. The molecule has 3 aliphatic rings. The lowest BCUT2D eigenvalue weighted by molar-refractivity contribution is -0.139. The number of nitrogens with one attached hydrogen (secondary N) is 2. The van der Waals surface area contributed by atoms with Crippen molar-refractivity contribution in [2.45, 2.75) is 39.0 Å². The molecule has 0 unspecified atom stereocenters. The van der Waals surface area contributed by atoms with E-state index in [1.165, 1.54) is 17.5 Å². The molecule has 1 saturated carbocycles. The van der Waals surface area contributed by atoms with E-state index >= 15 is 0 Å². The number of fused-ring (bicyclic) bond motifs is 1.